The maximum Gasteiger partial charge on any atom is 0.259 e. The first-order valence-electron chi connectivity index (χ1n) is 8.26. The molecular weight excluding hydrogens is 322 g/mol. The molecule has 1 aromatic carbocycles. The molecule has 0 unspecified atom stereocenters. The van der Waals surface area contributed by atoms with E-state index in [0.29, 0.717) is 10.9 Å². The van der Waals surface area contributed by atoms with E-state index in [0.717, 1.165) is 36.3 Å². The molecule has 1 fully saturated rings. The SMILES string of the molecule is CC1(C)c2cc(Cl)ccc2C(=O)N1c1cncc(CC2CNC2)c1. The highest BCUT2D eigenvalue weighted by Gasteiger charge is 2.44. The van der Waals surface area contributed by atoms with Gasteiger partial charge in [-0.05, 0) is 74.7 Å². The summed E-state index contributed by atoms with van der Waals surface area (Å²) in [5, 5.41) is 3.94. The van der Waals surface area contributed by atoms with Crippen LogP contribution >= 0.6 is 11.6 Å². The average Bonchev–Trinajstić information content (AvgIpc) is 2.70. The van der Waals surface area contributed by atoms with Crippen LogP contribution in [0, 0.1) is 5.92 Å². The highest BCUT2D eigenvalue weighted by Crippen LogP contribution is 2.42. The number of anilines is 1. The molecule has 2 aliphatic heterocycles. The largest absolute Gasteiger partial charge is 0.316 e. The molecule has 1 amide bonds. The molecule has 1 saturated heterocycles. The number of amides is 1. The summed E-state index contributed by atoms with van der Waals surface area (Å²) >= 11 is 6.15. The number of hydrogen-bond acceptors (Lipinski definition) is 3. The van der Waals surface area contributed by atoms with Gasteiger partial charge >= 0.3 is 0 Å². The van der Waals surface area contributed by atoms with Crippen LogP contribution in [0.2, 0.25) is 5.02 Å². The second-order valence-electron chi connectivity index (χ2n) is 7.17. The van der Waals surface area contributed by atoms with Crippen LogP contribution in [-0.2, 0) is 12.0 Å². The Hall–Kier alpha value is -1.91. The van der Waals surface area contributed by atoms with Crippen LogP contribution in [0.25, 0.3) is 0 Å². The molecule has 3 heterocycles. The van der Waals surface area contributed by atoms with E-state index in [1.54, 1.807) is 12.3 Å². The van der Waals surface area contributed by atoms with Crippen molar-refractivity contribution in [3.05, 3.63) is 58.4 Å². The molecule has 0 bridgehead atoms. The molecule has 0 spiro atoms. The van der Waals surface area contributed by atoms with Crippen molar-refractivity contribution < 1.29 is 4.79 Å². The molecule has 1 aromatic heterocycles. The summed E-state index contributed by atoms with van der Waals surface area (Å²) in [7, 11) is 0. The monoisotopic (exact) mass is 341 g/mol. The first-order valence-corrected chi connectivity index (χ1v) is 8.64. The molecule has 2 aromatic rings. The van der Waals surface area contributed by atoms with Gasteiger partial charge in [0, 0.05) is 16.8 Å². The summed E-state index contributed by atoms with van der Waals surface area (Å²) in [6.07, 6.45) is 4.67. The molecule has 0 saturated carbocycles. The molecule has 4 nitrogen and oxygen atoms in total. The normalized spacial score (nSPS) is 19.3. The van der Waals surface area contributed by atoms with Gasteiger partial charge in [-0.15, -0.1) is 0 Å². The Labute approximate surface area is 146 Å². The van der Waals surface area contributed by atoms with Crippen LogP contribution in [0.4, 0.5) is 5.69 Å². The van der Waals surface area contributed by atoms with E-state index in [-0.39, 0.29) is 5.91 Å². The van der Waals surface area contributed by atoms with Crippen LogP contribution in [-0.4, -0.2) is 24.0 Å². The lowest BCUT2D eigenvalue weighted by molar-refractivity contribution is 0.0982. The van der Waals surface area contributed by atoms with Crippen LogP contribution < -0.4 is 10.2 Å². The van der Waals surface area contributed by atoms with E-state index >= 15 is 0 Å². The highest BCUT2D eigenvalue weighted by atomic mass is 35.5. The highest BCUT2D eigenvalue weighted by molar-refractivity contribution is 6.31. The van der Waals surface area contributed by atoms with Gasteiger partial charge in [-0.25, -0.2) is 0 Å². The van der Waals surface area contributed by atoms with Gasteiger partial charge < -0.3 is 5.32 Å². The first kappa shape index (κ1) is 15.6. The fourth-order valence-electron chi connectivity index (χ4n) is 3.68. The molecule has 0 aliphatic carbocycles. The van der Waals surface area contributed by atoms with Crippen molar-refractivity contribution in [3.63, 3.8) is 0 Å². The Morgan fingerprint density at radius 2 is 2.08 bits per heavy atom. The van der Waals surface area contributed by atoms with Crippen LogP contribution in [0.1, 0.15) is 35.3 Å². The third kappa shape index (κ3) is 2.41. The minimum Gasteiger partial charge on any atom is -0.316 e. The number of rotatable bonds is 3. The minimum atomic E-state index is -0.449. The van der Waals surface area contributed by atoms with Crippen LogP contribution in [0.5, 0.6) is 0 Å². The Morgan fingerprint density at radius 1 is 1.29 bits per heavy atom. The number of nitrogens with one attached hydrogen (secondary N) is 1. The number of nitrogens with zero attached hydrogens (tertiary/aromatic N) is 2. The van der Waals surface area contributed by atoms with Crippen LogP contribution in [0.15, 0.2) is 36.7 Å². The van der Waals surface area contributed by atoms with Gasteiger partial charge in [-0.2, -0.15) is 0 Å². The Balaban J connectivity index is 1.71. The topological polar surface area (TPSA) is 45.2 Å². The van der Waals surface area contributed by atoms with Crippen molar-refractivity contribution in [2.45, 2.75) is 25.8 Å². The average molecular weight is 342 g/mol. The number of carbonyl (C=O) groups is 1. The fraction of sp³-hybridized carbons (Fsp3) is 0.368. The smallest absolute Gasteiger partial charge is 0.259 e. The Morgan fingerprint density at radius 3 is 2.79 bits per heavy atom. The fourth-order valence-corrected chi connectivity index (χ4v) is 3.85. The van der Waals surface area contributed by atoms with E-state index in [1.807, 2.05) is 23.2 Å². The number of benzene rings is 1. The maximum absolute atomic E-state index is 13.0. The van der Waals surface area contributed by atoms with E-state index in [4.69, 9.17) is 11.6 Å². The van der Waals surface area contributed by atoms with Crippen molar-refractivity contribution in [2.24, 2.45) is 5.92 Å². The molecular formula is C19H20ClN3O. The summed E-state index contributed by atoms with van der Waals surface area (Å²) < 4.78 is 0. The molecule has 4 rings (SSSR count). The standard InChI is InChI=1S/C19H20ClN3O/c1-19(2)17-7-14(20)3-4-16(17)18(24)23(19)15-6-12(8-22-11-15)5-13-9-21-10-13/h3-4,6-8,11,13,21H,5,9-10H2,1-2H3. The molecule has 1 N–H and O–H groups in total. The molecule has 24 heavy (non-hydrogen) atoms. The number of halogens is 1. The molecule has 0 radical (unpaired) electrons. The first-order chi connectivity index (χ1) is 11.5. The quantitative estimate of drug-likeness (QED) is 0.930. The molecule has 124 valence electrons. The van der Waals surface area contributed by atoms with E-state index < -0.39 is 5.54 Å². The van der Waals surface area contributed by atoms with Crippen molar-refractivity contribution in [3.8, 4) is 0 Å². The van der Waals surface area contributed by atoms with Crippen molar-refractivity contribution in [1.29, 1.82) is 0 Å². The number of hydrogen-bond donors (Lipinski definition) is 1. The summed E-state index contributed by atoms with van der Waals surface area (Å²) in [6.45, 7) is 6.22. The second-order valence-corrected chi connectivity index (χ2v) is 7.61. The lowest BCUT2D eigenvalue weighted by Crippen LogP contribution is -2.43. The maximum atomic E-state index is 13.0. The lowest BCUT2D eigenvalue weighted by Gasteiger charge is -2.33. The number of carbonyl (C=O) groups excluding carboxylic acids is 1. The summed E-state index contributed by atoms with van der Waals surface area (Å²) in [4.78, 5) is 19.2. The predicted molar refractivity (Wildman–Crippen MR) is 95.6 cm³/mol. The van der Waals surface area contributed by atoms with Crippen molar-refractivity contribution in [1.82, 2.24) is 10.3 Å². The van der Waals surface area contributed by atoms with Gasteiger partial charge in [-0.3, -0.25) is 14.7 Å². The van der Waals surface area contributed by atoms with Gasteiger partial charge in [0.1, 0.15) is 0 Å². The zero-order chi connectivity index (χ0) is 16.9. The molecule has 5 heteroatoms. The number of aromatic nitrogens is 1. The van der Waals surface area contributed by atoms with E-state index in [9.17, 15) is 4.79 Å². The van der Waals surface area contributed by atoms with Crippen LogP contribution in [0.3, 0.4) is 0 Å². The Kier molecular flexibility index (Phi) is 3.62. The molecule has 0 atom stereocenters. The van der Waals surface area contributed by atoms with Crippen molar-refractivity contribution in [2.75, 3.05) is 18.0 Å². The zero-order valence-electron chi connectivity index (χ0n) is 13.8. The summed E-state index contributed by atoms with van der Waals surface area (Å²) in [5.41, 5.74) is 3.26. The van der Waals surface area contributed by atoms with Gasteiger partial charge in [-0.1, -0.05) is 11.6 Å². The minimum absolute atomic E-state index is 0.0101. The number of pyridine rings is 1. The summed E-state index contributed by atoms with van der Waals surface area (Å²) in [6, 6.07) is 7.58. The van der Waals surface area contributed by atoms with Gasteiger partial charge in [0.25, 0.3) is 5.91 Å². The van der Waals surface area contributed by atoms with Gasteiger partial charge in [0.15, 0.2) is 0 Å². The second kappa shape index (κ2) is 5.57. The summed E-state index contributed by atoms with van der Waals surface area (Å²) in [5.74, 6) is 0.677. The Bertz CT molecular complexity index is 814. The zero-order valence-corrected chi connectivity index (χ0v) is 14.6. The molecule has 2 aliphatic rings. The van der Waals surface area contributed by atoms with Gasteiger partial charge in [0.05, 0.1) is 17.4 Å². The van der Waals surface area contributed by atoms with E-state index in [1.165, 1.54) is 5.56 Å². The van der Waals surface area contributed by atoms with Gasteiger partial charge in [0.2, 0.25) is 0 Å². The van der Waals surface area contributed by atoms with Crippen molar-refractivity contribution >= 4 is 23.2 Å². The predicted octanol–water partition coefficient (Wildman–Crippen LogP) is 3.39. The number of fused-ring (bicyclic) bond motifs is 1. The third-order valence-corrected chi connectivity index (χ3v) is 5.30. The third-order valence-electron chi connectivity index (χ3n) is 5.06. The van der Waals surface area contributed by atoms with E-state index in [2.05, 4.69) is 30.2 Å². The lowest BCUT2D eigenvalue weighted by atomic mass is 9.93.